The van der Waals surface area contributed by atoms with Gasteiger partial charge in [-0.15, -0.1) is 0 Å². The SMILES string of the molecule is CCCNC(=O)c1nn(-c2cc(C)cc(C)c2)c(=O)n(Cc2ccc(C(F)(F)F)cc2)c1=O. The van der Waals surface area contributed by atoms with Crippen LogP contribution < -0.4 is 16.6 Å². The summed E-state index contributed by atoms with van der Waals surface area (Å²) in [5.74, 6) is -0.735. The number of amides is 1. The number of carbonyl (C=O) groups excluding carboxylic acids is 1. The van der Waals surface area contributed by atoms with Crippen molar-refractivity contribution in [3.8, 4) is 5.69 Å². The highest BCUT2D eigenvalue weighted by Crippen LogP contribution is 2.29. The Kier molecular flexibility index (Phi) is 6.85. The van der Waals surface area contributed by atoms with Gasteiger partial charge in [0.05, 0.1) is 17.8 Å². The van der Waals surface area contributed by atoms with Crippen LogP contribution in [0, 0.1) is 13.8 Å². The molecule has 0 spiro atoms. The first-order valence-electron chi connectivity index (χ1n) is 10.3. The molecule has 1 N–H and O–H groups in total. The Balaban J connectivity index is 2.16. The molecule has 2 aromatic carbocycles. The second kappa shape index (κ2) is 9.43. The van der Waals surface area contributed by atoms with Gasteiger partial charge in [0.15, 0.2) is 0 Å². The summed E-state index contributed by atoms with van der Waals surface area (Å²) in [7, 11) is 0. The third-order valence-electron chi connectivity index (χ3n) is 4.88. The van der Waals surface area contributed by atoms with Crippen LogP contribution in [0.4, 0.5) is 13.2 Å². The molecule has 0 atom stereocenters. The molecule has 0 saturated carbocycles. The minimum absolute atomic E-state index is 0.292. The van der Waals surface area contributed by atoms with Crippen molar-refractivity contribution >= 4 is 5.91 Å². The second-order valence-corrected chi connectivity index (χ2v) is 7.73. The molecule has 0 saturated heterocycles. The molecule has 33 heavy (non-hydrogen) atoms. The zero-order chi connectivity index (χ0) is 24.3. The molecule has 174 valence electrons. The van der Waals surface area contributed by atoms with Gasteiger partial charge in [0.25, 0.3) is 11.5 Å². The van der Waals surface area contributed by atoms with Gasteiger partial charge < -0.3 is 5.32 Å². The molecular formula is C23H23F3N4O3. The van der Waals surface area contributed by atoms with E-state index in [0.717, 1.165) is 32.5 Å². The van der Waals surface area contributed by atoms with Crippen LogP contribution in [-0.4, -0.2) is 26.8 Å². The number of aryl methyl sites for hydroxylation is 2. The molecule has 3 rings (SSSR count). The van der Waals surface area contributed by atoms with Crippen molar-refractivity contribution in [3.63, 3.8) is 0 Å². The molecule has 3 aromatic rings. The Morgan fingerprint density at radius 1 is 1.03 bits per heavy atom. The number of nitrogens with one attached hydrogen (secondary N) is 1. The number of carbonyl (C=O) groups is 1. The summed E-state index contributed by atoms with van der Waals surface area (Å²) >= 11 is 0. The lowest BCUT2D eigenvalue weighted by atomic mass is 10.1. The number of benzene rings is 2. The fourth-order valence-corrected chi connectivity index (χ4v) is 3.34. The Hall–Kier alpha value is -3.69. The van der Waals surface area contributed by atoms with Gasteiger partial charge in [0.2, 0.25) is 5.69 Å². The highest BCUT2D eigenvalue weighted by Gasteiger charge is 2.30. The van der Waals surface area contributed by atoms with Gasteiger partial charge in [0.1, 0.15) is 0 Å². The van der Waals surface area contributed by atoms with Crippen molar-refractivity contribution in [1.29, 1.82) is 0 Å². The molecule has 10 heteroatoms. The molecule has 7 nitrogen and oxygen atoms in total. The van der Waals surface area contributed by atoms with E-state index in [1.807, 2.05) is 26.8 Å². The number of hydrogen-bond donors (Lipinski definition) is 1. The van der Waals surface area contributed by atoms with E-state index >= 15 is 0 Å². The zero-order valence-electron chi connectivity index (χ0n) is 18.4. The fraction of sp³-hybridized carbons (Fsp3) is 0.304. The maximum Gasteiger partial charge on any atom is 0.416 e. The van der Waals surface area contributed by atoms with Gasteiger partial charge >= 0.3 is 11.9 Å². The first kappa shape index (κ1) is 24.0. The molecule has 0 aliphatic heterocycles. The van der Waals surface area contributed by atoms with Crippen LogP contribution in [0.3, 0.4) is 0 Å². The largest absolute Gasteiger partial charge is 0.416 e. The Bertz CT molecular complexity index is 1270. The normalized spacial score (nSPS) is 11.5. The summed E-state index contributed by atoms with van der Waals surface area (Å²) in [6.45, 7) is 5.48. The van der Waals surface area contributed by atoms with E-state index in [1.54, 1.807) is 12.1 Å². The van der Waals surface area contributed by atoms with E-state index in [0.29, 0.717) is 24.2 Å². The summed E-state index contributed by atoms with van der Waals surface area (Å²) in [5.41, 5.74) is -0.711. The quantitative estimate of drug-likeness (QED) is 0.612. The summed E-state index contributed by atoms with van der Waals surface area (Å²) in [4.78, 5) is 38.8. The number of halogens is 3. The predicted octanol–water partition coefficient (Wildman–Crippen LogP) is 3.22. The Morgan fingerprint density at radius 3 is 2.18 bits per heavy atom. The van der Waals surface area contributed by atoms with Gasteiger partial charge in [-0.2, -0.15) is 23.0 Å². The van der Waals surface area contributed by atoms with Crippen LogP contribution in [0.15, 0.2) is 52.1 Å². The number of alkyl halides is 3. The van der Waals surface area contributed by atoms with Crippen LogP contribution >= 0.6 is 0 Å². The molecule has 1 amide bonds. The average molecular weight is 460 g/mol. The highest BCUT2D eigenvalue weighted by molar-refractivity contribution is 5.91. The van der Waals surface area contributed by atoms with Crippen LogP contribution in [0.1, 0.15) is 46.1 Å². The van der Waals surface area contributed by atoms with Crippen molar-refractivity contribution in [1.82, 2.24) is 19.7 Å². The average Bonchev–Trinajstić information content (AvgIpc) is 2.74. The van der Waals surface area contributed by atoms with Crippen molar-refractivity contribution in [3.05, 3.63) is 91.3 Å². The lowest BCUT2D eigenvalue weighted by molar-refractivity contribution is -0.137. The van der Waals surface area contributed by atoms with E-state index < -0.39 is 34.6 Å². The topological polar surface area (TPSA) is 86.0 Å². The van der Waals surface area contributed by atoms with Crippen LogP contribution in [0.5, 0.6) is 0 Å². The van der Waals surface area contributed by atoms with Crippen LogP contribution in [-0.2, 0) is 12.7 Å². The Morgan fingerprint density at radius 2 is 1.64 bits per heavy atom. The number of hydrogen-bond acceptors (Lipinski definition) is 4. The van der Waals surface area contributed by atoms with E-state index in [2.05, 4.69) is 10.4 Å². The summed E-state index contributed by atoms with van der Waals surface area (Å²) in [5, 5.41) is 6.61. The standard InChI is InChI=1S/C23H23F3N4O3/c1-4-9-27-20(31)19-21(32)29(13-16-5-7-17(8-6-16)23(24,25)26)22(33)30(28-19)18-11-14(2)10-15(3)12-18/h5-8,10-12H,4,9,13H2,1-3H3,(H,27,31). The lowest BCUT2D eigenvalue weighted by Gasteiger charge is -2.14. The van der Waals surface area contributed by atoms with Crippen LogP contribution in [0.25, 0.3) is 5.69 Å². The van der Waals surface area contributed by atoms with Gasteiger partial charge in [0, 0.05) is 6.54 Å². The number of rotatable bonds is 6. The highest BCUT2D eigenvalue weighted by atomic mass is 19.4. The third-order valence-corrected chi connectivity index (χ3v) is 4.88. The molecule has 1 aromatic heterocycles. The van der Waals surface area contributed by atoms with Crippen molar-refractivity contribution < 1.29 is 18.0 Å². The minimum Gasteiger partial charge on any atom is -0.350 e. The van der Waals surface area contributed by atoms with E-state index in [4.69, 9.17) is 0 Å². The molecular weight excluding hydrogens is 437 g/mol. The second-order valence-electron chi connectivity index (χ2n) is 7.73. The lowest BCUT2D eigenvalue weighted by Crippen LogP contribution is -2.46. The third kappa shape index (κ3) is 5.39. The number of aromatic nitrogens is 3. The smallest absolute Gasteiger partial charge is 0.350 e. The molecule has 0 bridgehead atoms. The molecule has 1 heterocycles. The molecule has 0 fully saturated rings. The van der Waals surface area contributed by atoms with Gasteiger partial charge in [-0.3, -0.25) is 14.2 Å². The van der Waals surface area contributed by atoms with Gasteiger partial charge in [-0.25, -0.2) is 4.79 Å². The predicted molar refractivity (Wildman–Crippen MR) is 117 cm³/mol. The molecule has 0 radical (unpaired) electrons. The fourth-order valence-electron chi connectivity index (χ4n) is 3.34. The molecule has 0 aliphatic rings. The van der Waals surface area contributed by atoms with E-state index in [1.165, 1.54) is 12.1 Å². The number of nitrogens with zero attached hydrogens (tertiary/aromatic N) is 3. The van der Waals surface area contributed by atoms with Crippen molar-refractivity contribution in [2.75, 3.05) is 6.54 Å². The minimum atomic E-state index is -4.51. The van der Waals surface area contributed by atoms with E-state index in [9.17, 15) is 27.6 Å². The summed E-state index contributed by atoms with van der Waals surface area (Å²) in [6.07, 6.45) is -3.88. The van der Waals surface area contributed by atoms with Crippen LogP contribution in [0.2, 0.25) is 0 Å². The molecule has 0 unspecified atom stereocenters. The van der Waals surface area contributed by atoms with Gasteiger partial charge in [-0.05, 0) is 61.2 Å². The van der Waals surface area contributed by atoms with Crippen molar-refractivity contribution in [2.24, 2.45) is 0 Å². The Labute approximate surface area is 187 Å². The first-order chi connectivity index (χ1) is 15.5. The van der Waals surface area contributed by atoms with Gasteiger partial charge in [-0.1, -0.05) is 25.1 Å². The molecule has 0 aliphatic carbocycles. The maximum atomic E-state index is 13.2. The maximum absolute atomic E-state index is 13.2. The zero-order valence-corrected chi connectivity index (χ0v) is 18.4. The summed E-state index contributed by atoms with van der Waals surface area (Å²) in [6, 6.07) is 9.38. The summed E-state index contributed by atoms with van der Waals surface area (Å²) < 4.78 is 40.4. The van der Waals surface area contributed by atoms with E-state index in [-0.39, 0.29) is 6.54 Å². The monoisotopic (exact) mass is 460 g/mol. The first-order valence-corrected chi connectivity index (χ1v) is 10.3. The van der Waals surface area contributed by atoms with Crippen molar-refractivity contribution in [2.45, 2.75) is 39.9 Å².